The van der Waals surface area contributed by atoms with E-state index in [1.54, 1.807) is 12.4 Å². The highest BCUT2D eigenvalue weighted by Gasteiger charge is 2.34. The maximum Gasteiger partial charge on any atom is 0.174 e. The van der Waals surface area contributed by atoms with Crippen LogP contribution in [-0.2, 0) is 0 Å². The topological polar surface area (TPSA) is 96.1 Å². The van der Waals surface area contributed by atoms with E-state index in [0.29, 0.717) is 34.5 Å². The second-order valence-electron chi connectivity index (χ2n) is 17.1. The number of pyridine rings is 2. The lowest BCUT2D eigenvalue weighted by molar-refractivity contribution is 0.0769. The van der Waals surface area contributed by atoms with Crippen molar-refractivity contribution in [2.24, 2.45) is 0 Å². The lowest BCUT2D eigenvalue weighted by Crippen LogP contribution is -2.38. The van der Waals surface area contributed by atoms with Crippen molar-refractivity contribution in [2.75, 3.05) is 0 Å². The van der Waals surface area contributed by atoms with E-state index in [-0.39, 0.29) is 12.2 Å². The lowest BCUT2D eigenvalue weighted by atomic mass is 9.93. The molecule has 1 aliphatic carbocycles. The number of hydrogen-bond donors (Lipinski definition) is 0. The number of furan rings is 1. The van der Waals surface area contributed by atoms with Crippen LogP contribution in [0.15, 0.2) is 229 Å². The third-order valence-corrected chi connectivity index (χ3v) is 12.9. The minimum atomic E-state index is -0.333. The first kappa shape index (κ1) is 40.0. The first-order chi connectivity index (χ1) is 34.2. The van der Waals surface area contributed by atoms with Gasteiger partial charge in [-0.15, -0.1) is 0 Å². The van der Waals surface area contributed by atoms with Gasteiger partial charge in [0.05, 0.1) is 11.1 Å². The summed E-state index contributed by atoms with van der Waals surface area (Å²) in [5.41, 5.74) is 14.5. The summed E-state index contributed by atoms with van der Waals surface area (Å²) >= 11 is 0. The van der Waals surface area contributed by atoms with Gasteiger partial charge in [0.15, 0.2) is 41.2 Å². The number of rotatable bonds is 8. The van der Waals surface area contributed by atoms with Crippen LogP contribution in [0, 0.1) is 0 Å². The van der Waals surface area contributed by atoms with Gasteiger partial charge in [-0.05, 0) is 106 Å². The van der Waals surface area contributed by atoms with Crippen LogP contribution in [0.3, 0.4) is 0 Å². The van der Waals surface area contributed by atoms with E-state index in [9.17, 15) is 0 Å². The highest BCUT2D eigenvalue weighted by molar-refractivity contribution is 6.09. The number of benzene rings is 7. The fraction of sp³-hybridized carbons (Fsp3) is 0.0328. The molecule has 0 fully saturated rings. The van der Waals surface area contributed by atoms with Crippen molar-refractivity contribution in [2.45, 2.75) is 12.2 Å². The van der Waals surface area contributed by atoms with E-state index < -0.39 is 0 Å². The molecule has 2 unspecified atom stereocenters. The van der Waals surface area contributed by atoms with Gasteiger partial charge >= 0.3 is 0 Å². The number of para-hydroxylation sites is 2. The van der Waals surface area contributed by atoms with Crippen LogP contribution < -0.4 is 9.47 Å². The molecule has 0 spiro atoms. The molecule has 326 valence electrons. The van der Waals surface area contributed by atoms with Gasteiger partial charge in [-0.3, -0.25) is 9.97 Å². The smallest absolute Gasteiger partial charge is 0.174 e. The zero-order valence-electron chi connectivity index (χ0n) is 37.0. The largest absolute Gasteiger partial charge is 0.478 e. The molecule has 0 saturated heterocycles. The summed E-state index contributed by atoms with van der Waals surface area (Å²) in [4.78, 5) is 24.1. The molecule has 1 aliphatic heterocycles. The summed E-state index contributed by atoms with van der Waals surface area (Å²) in [6.45, 7) is 0. The zero-order chi connectivity index (χ0) is 45.7. The Labute approximate surface area is 397 Å². The second-order valence-corrected chi connectivity index (χ2v) is 17.1. The average molecular weight is 890 g/mol. The van der Waals surface area contributed by atoms with Crippen LogP contribution in [0.5, 0.6) is 11.5 Å². The fourth-order valence-electron chi connectivity index (χ4n) is 9.40. The Bertz CT molecular complexity index is 3720. The minimum absolute atomic E-state index is 0.306. The molecule has 0 radical (unpaired) electrons. The predicted molar refractivity (Wildman–Crippen MR) is 273 cm³/mol. The van der Waals surface area contributed by atoms with Crippen molar-refractivity contribution >= 4 is 21.9 Å². The number of fused-ring (bicyclic) bond motifs is 5. The van der Waals surface area contributed by atoms with E-state index in [0.717, 1.165) is 88.7 Å². The normalized spacial score (nSPS) is 14.8. The Morgan fingerprint density at radius 3 is 1.49 bits per heavy atom. The molecule has 8 heteroatoms. The van der Waals surface area contributed by atoms with Gasteiger partial charge < -0.3 is 13.9 Å². The molecule has 5 heterocycles. The summed E-state index contributed by atoms with van der Waals surface area (Å²) in [7, 11) is 0. The van der Waals surface area contributed by atoms with E-state index in [4.69, 9.17) is 28.8 Å². The van der Waals surface area contributed by atoms with Gasteiger partial charge in [0.25, 0.3) is 0 Å². The van der Waals surface area contributed by atoms with E-state index in [1.165, 1.54) is 0 Å². The number of aromatic nitrogens is 5. The monoisotopic (exact) mass is 889 g/mol. The van der Waals surface area contributed by atoms with Crippen molar-refractivity contribution in [1.82, 2.24) is 24.9 Å². The van der Waals surface area contributed by atoms with Crippen molar-refractivity contribution in [3.63, 3.8) is 0 Å². The lowest BCUT2D eigenvalue weighted by Gasteiger charge is -2.34. The molecule has 69 heavy (non-hydrogen) atoms. The molecular formula is C61H39N5O3. The number of ether oxygens (including phenoxy) is 2. The van der Waals surface area contributed by atoms with E-state index in [1.807, 2.05) is 116 Å². The van der Waals surface area contributed by atoms with Crippen LogP contribution in [0.25, 0.3) is 112 Å². The van der Waals surface area contributed by atoms with Gasteiger partial charge in [-0.25, -0.2) is 15.0 Å². The summed E-state index contributed by atoms with van der Waals surface area (Å²) in [6, 6.07) is 60.4. The molecular weight excluding hydrogens is 851 g/mol. The van der Waals surface area contributed by atoms with Crippen LogP contribution in [-0.4, -0.2) is 37.1 Å². The highest BCUT2D eigenvalue weighted by atomic mass is 16.6. The number of nitrogens with zero attached hydrogens (tertiary/aromatic N) is 5. The Hall–Kier alpha value is -9.27. The molecule has 2 aliphatic rings. The number of allylic oxidation sites excluding steroid dienone is 2. The van der Waals surface area contributed by atoms with Gasteiger partial charge in [-0.1, -0.05) is 133 Å². The SMILES string of the molecule is C1=CC2Oc3c(-c4ccc(-c5ccc(-c6cc(-c7cccnc7)cc(-c7cccnc7)c6)cc5)cc4)ccc(-c4nc(-c5ccccc5)nc(-c5cccc6c5oc5ccccc56)n4)c3OC2C=C1. The summed E-state index contributed by atoms with van der Waals surface area (Å²) < 4.78 is 20.3. The Morgan fingerprint density at radius 1 is 0.348 bits per heavy atom. The maximum absolute atomic E-state index is 6.90. The molecule has 0 saturated carbocycles. The molecule has 8 nitrogen and oxygen atoms in total. The van der Waals surface area contributed by atoms with Crippen molar-refractivity contribution in [1.29, 1.82) is 0 Å². The van der Waals surface area contributed by atoms with Crippen molar-refractivity contribution in [3.05, 3.63) is 225 Å². The Kier molecular flexibility index (Phi) is 9.79. The first-order valence-corrected chi connectivity index (χ1v) is 22.9. The Morgan fingerprint density at radius 2 is 0.855 bits per heavy atom. The van der Waals surface area contributed by atoms with Gasteiger partial charge in [0, 0.05) is 57.8 Å². The molecule has 7 aromatic carbocycles. The third-order valence-electron chi connectivity index (χ3n) is 12.9. The maximum atomic E-state index is 6.90. The molecule has 11 aromatic rings. The van der Waals surface area contributed by atoms with Crippen LogP contribution >= 0.6 is 0 Å². The molecule has 13 rings (SSSR count). The fourth-order valence-corrected chi connectivity index (χ4v) is 9.40. The standard InChI is InChI=1S/C61H39N5O3/c1-2-11-42(12-3-1)59-64-60(51-17-8-16-50-49-15-4-5-18-53(49)67-56(50)51)66-61(65-59)52-30-29-48(57-58(52)69-55-20-7-6-19-54(55)68-57)41-27-25-39(26-28-41)38-21-23-40(24-22-38)45-33-46(43-13-9-31-62-36-43)35-47(34-45)44-14-10-32-63-37-44/h1-37,54-55H. The van der Waals surface area contributed by atoms with Crippen LogP contribution in [0.2, 0.25) is 0 Å². The summed E-state index contributed by atoms with van der Waals surface area (Å²) in [5.74, 6) is 2.70. The van der Waals surface area contributed by atoms with E-state index in [2.05, 4.69) is 107 Å². The number of hydrogen-bond acceptors (Lipinski definition) is 8. The average Bonchev–Trinajstić information content (AvgIpc) is 3.82. The molecule has 0 amide bonds. The molecule has 0 N–H and O–H groups in total. The zero-order valence-corrected chi connectivity index (χ0v) is 37.0. The van der Waals surface area contributed by atoms with Gasteiger partial charge in [0.1, 0.15) is 11.2 Å². The van der Waals surface area contributed by atoms with Gasteiger partial charge in [-0.2, -0.15) is 0 Å². The van der Waals surface area contributed by atoms with Crippen LogP contribution in [0.1, 0.15) is 0 Å². The summed E-state index contributed by atoms with van der Waals surface area (Å²) in [6.07, 6.45) is 14.8. The summed E-state index contributed by atoms with van der Waals surface area (Å²) in [5, 5.41) is 2.03. The first-order valence-electron chi connectivity index (χ1n) is 22.9. The van der Waals surface area contributed by atoms with E-state index >= 15 is 0 Å². The van der Waals surface area contributed by atoms with Crippen molar-refractivity contribution in [3.8, 4) is 101 Å². The Balaban J connectivity index is 0.873. The second kappa shape index (κ2) is 16.9. The van der Waals surface area contributed by atoms with Crippen molar-refractivity contribution < 1.29 is 13.9 Å². The highest BCUT2D eigenvalue weighted by Crippen LogP contribution is 2.49. The quantitative estimate of drug-likeness (QED) is 0.149. The molecule has 0 bridgehead atoms. The molecule has 4 aromatic heterocycles. The van der Waals surface area contributed by atoms with Crippen LogP contribution in [0.4, 0.5) is 0 Å². The van der Waals surface area contributed by atoms with Gasteiger partial charge in [0.2, 0.25) is 0 Å². The molecule has 2 atom stereocenters. The minimum Gasteiger partial charge on any atom is -0.478 e. The predicted octanol–water partition coefficient (Wildman–Crippen LogP) is 14.5. The third kappa shape index (κ3) is 7.41.